The van der Waals surface area contributed by atoms with Crippen LogP contribution in [0.25, 0.3) is 0 Å². The van der Waals surface area contributed by atoms with Crippen LogP contribution in [0.2, 0.25) is 0 Å². The molecule has 3 atom stereocenters. The zero-order valence-electron chi connectivity index (χ0n) is 19.4. The predicted molar refractivity (Wildman–Crippen MR) is 126 cm³/mol. The lowest BCUT2D eigenvalue weighted by Crippen LogP contribution is -2.46. The molecule has 0 bridgehead atoms. The molecular weight excluding hydrogens is 384 g/mol. The Hall–Kier alpha value is -1.39. The number of hydrogen-bond acceptors (Lipinski definition) is 3. The van der Waals surface area contributed by atoms with Crippen molar-refractivity contribution >= 4 is 5.97 Å². The van der Waals surface area contributed by atoms with Gasteiger partial charge in [-0.25, -0.2) is 0 Å². The fraction of sp³-hybridized carbons (Fsp3) is 0.741. The van der Waals surface area contributed by atoms with Crippen molar-refractivity contribution in [3.05, 3.63) is 35.9 Å². The molecule has 0 amide bonds. The third-order valence-corrected chi connectivity index (χ3v) is 8.34. The van der Waals surface area contributed by atoms with Gasteiger partial charge < -0.3 is 10.0 Å². The normalized spacial score (nSPS) is 28.0. The van der Waals surface area contributed by atoms with Crippen molar-refractivity contribution in [1.29, 1.82) is 0 Å². The molecule has 2 aliphatic heterocycles. The third-order valence-electron chi connectivity index (χ3n) is 8.34. The standard InChI is InChI=1S/C27H42N2O2/c1-2-9-21-14-16-28(17-15-21)18-24-19-29(20-25(24)22-10-5-3-6-11-22)26(27(30)31)23-12-7-4-8-13-23/h3,5-6,10-11,21,23-26H,2,4,7-9,12-20H2,1H3,(H,30,31). The van der Waals surface area contributed by atoms with Gasteiger partial charge in [-0.2, -0.15) is 0 Å². The summed E-state index contributed by atoms with van der Waals surface area (Å²) in [4.78, 5) is 17.4. The lowest BCUT2D eigenvalue weighted by molar-refractivity contribution is -0.145. The van der Waals surface area contributed by atoms with Crippen LogP contribution in [0.5, 0.6) is 0 Å². The lowest BCUT2D eigenvalue weighted by atomic mass is 9.83. The van der Waals surface area contributed by atoms with E-state index in [0.717, 1.165) is 38.4 Å². The number of benzene rings is 1. The van der Waals surface area contributed by atoms with E-state index in [0.29, 0.717) is 17.8 Å². The molecule has 0 radical (unpaired) electrons. The highest BCUT2D eigenvalue weighted by Crippen LogP contribution is 2.38. The molecule has 0 aromatic heterocycles. The van der Waals surface area contributed by atoms with Gasteiger partial charge in [0.2, 0.25) is 0 Å². The maximum absolute atomic E-state index is 12.4. The highest BCUT2D eigenvalue weighted by atomic mass is 16.4. The molecule has 172 valence electrons. The first-order valence-electron chi connectivity index (χ1n) is 12.9. The number of aliphatic carboxylic acids is 1. The molecule has 1 saturated carbocycles. The topological polar surface area (TPSA) is 43.8 Å². The van der Waals surface area contributed by atoms with Crippen LogP contribution in [-0.2, 0) is 4.79 Å². The number of nitrogens with zero attached hydrogens (tertiary/aromatic N) is 2. The largest absolute Gasteiger partial charge is 0.480 e. The van der Waals surface area contributed by atoms with Crippen LogP contribution in [0, 0.1) is 17.8 Å². The average Bonchev–Trinajstić information content (AvgIpc) is 3.19. The Morgan fingerprint density at radius 3 is 2.39 bits per heavy atom. The third kappa shape index (κ3) is 5.70. The van der Waals surface area contributed by atoms with Gasteiger partial charge in [-0.1, -0.05) is 69.4 Å². The van der Waals surface area contributed by atoms with Crippen LogP contribution in [-0.4, -0.2) is 59.6 Å². The monoisotopic (exact) mass is 426 g/mol. The molecule has 1 aromatic rings. The van der Waals surface area contributed by atoms with Crippen molar-refractivity contribution in [2.45, 2.75) is 76.7 Å². The lowest BCUT2D eigenvalue weighted by Gasteiger charge is -2.35. The van der Waals surface area contributed by atoms with Gasteiger partial charge in [0.25, 0.3) is 0 Å². The number of carboxylic acids is 1. The Kier molecular flexibility index (Phi) is 8.06. The van der Waals surface area contributed by atoms with E-state index >= 15 is 0 Å². The van der Waals surface area contributed by atoms with Crippen molar-refractivity contribution in [2.24, 2.45) is 17.8 Å². The molecule has 3 fully saturated rings. The second kappa shape index (κ2) is 11.0. The zero-order chi connectivity index (χ0) is 21.6. The van der Waals surface area contributed by atoms with Crippen LogP contribution < -0.4 is 0 Å². The van der Waals surface area contributed by atoms with E-state index in [4.69, 9.17) is 0 Å². The molecule has 2 heterocycles. The smallest absolute Gasteiger partial charge is 0.321 e. The van der Waals surface area contributed by atoms with Gasteiger partial charge in [0.1, 0.15) is 6.04 Å². The quantitative estimate of drug-likeness (QED) is 0.617. The van der Waals surface area contributed by atoms with E-state index in [1.54, 1.807) is 0 Å². The Bertz CT molecular complexity index is 680. The first kappa shape index (κ1) is 22.8. The van der Waals surface area contributed by atoms with Gasteiger partial charge in [-0.05, 0) is 62.1 Å². The molecule has 1 aromatic carbocycles. The molecule has 31 heavy (non-hydrogen) atoms. The Morgan fingerprint density at radius 1 is 1.03 bits per heavy atom. The maximum atomic E-state index is 12.4. The van der Waals surface area contributed by atoms with E-state index in [1.807, 2.05) is 0 Å². The summed E-state index contributed by atoms with van der Waals surface area (Å²) in [7, 11) is 0. The summed E-state index contributed by atoms with van der Waals surface area (Å²) in [6, 6.07) is 10.6. The van der Waals surface area contributed by atoms with Gasteiger partial charge in [-0.15, -0.1) is 0 Å². The van der Waals surface area contributed by atoms with Crippen LogP contribution in [0.3, 0.4) is 0 Å². The van der Waals surface area contributed by atoms with Gasteiger partial charge in [0.05, 0.1) is 0 Å². The number of piperidine rings is 1. The minimum absolute atomic E-state index is 0.299. The average molecular weight is 427 g/mol. The Morgan fingerprint density at radius 2 is 1.74 bits per heavy atom. The molecule has 3 unspecified atom stereocenters. The fourth-order valence-corrected chi connectivity index (χ4v) is 6.70. The van der Waals surface area contributed by atoms with Gasteiger partial charge in [0, 0.05) is 25.6 Å². The minimum Gasteiger partial charge on any atom is -0.480 e. The molecule has 4 nitrogen and oxygen atoms in total. The first-order chi connectivity index (χ1) is 15.2. The molecule has 0 spiro atoms. The summed E-state index contributed by atoms with van der Waals surface area (Å²) < 4.78 is 0. The predicted octanol–water partition coefficient (Wildman–Crippen LogP) is 5.25. The van der Waals surface area contributed by atoms with Crippen molar-refractivity contribution in [2.75, 3.05) is 32.7 Å². The molecule has 4 heteroatoms. The van der Waals surface area contributed by atoms with E-state index in [2.05, 4.69) is 47.1 Å². The van der Waals surface area contributed by atoms with Crippen molar-refractivity contribution in [3.8, 4) is 0 Å². The van der Waals surface area contributed by atoms with Gasteiger partial charge in [0.15, 0.2) is 0 Å². The summed E-state index contributed by atoms with van der Waals surface area (Å²) in [5, 5.41) is 10.2. The van der Waals surface area contributed by atoms with E-state index in [1.165, 1.54) is 63.6 Å². The minimum atomic E-state index is -0.597. The number of carbonyl (C=O) groups is 1. The fourth-order valence-electron chi connectivity index (χ4n) is 6.70. The number of likely N-dealkylation sites (tertiary alicyclic amines) is 2. The van der Waals surface area contributed by atoms with Crippen molar-refractivity contribution in [1.82, 2.24) is 9.80 Å². The Balaban J connectivity index is 1.47. The molecule has 1 aliphatic carbocycles. The molecule has 4 rings (SSSR count). The highest BCUT2D eigenvalue weighted by Gasteiger charge is 2.43. The van der Waals surface area contributed by atoms with Crippen LogP contribution in [0.4, 0.5) is 0 Å². The second-order valence-electron chi connectivity index (χ2n) is 10.4. The van der Waals surface area contributed by atoms with E-state index in [9.17, 15) is 9.90 Å². The van der Waals surface area contributed by atoms with Gasteiger partial charge in [-0.3, -0.25) is 9.69 Å². The van der Waals surface area contributed by atoms with Gasteiger partial charge >= 0.3 is 5.97 Å². The van der Waals surface area contributed by atoms with Crippen LogP contribution >= 0.6 is 0 Å². The molecule has 1 N–H and O–H groups in total. The Labute approximate surface area is 189 Å². The SMILES string of the molecule is CCCC1CCN(CC2CN(C(C(=O)O)C3CCCCC3)CC2c2ccccc2)CC1. The second-order valence-corrected chi connectivity index (χ2v) is 10.4. The zero-order valence-corrected chi connectivity index (χ0v) is 19.4. The highest BCUT2D eigenvalue weighted by molar-refractivity contribution is 5.74. The van der Waals surface area contributed by atoms with Crippen LogP contribution in [0.15, 0.2) is 30.3 Å². The summed E-state index contributed by atoms with van der Waals surface area (Å²) in [5.41, 5.74) is 1.39. The number of carboxylic acid groups (broad SMARTS) is 1. The van der Waals surface area contributed by atoms with Crippen molar-refractivity contribution in [3.63, 3.8) is 0 Å². The number of hydrogen-bond donors (Lipinski definition) is 1. The van der Waals surface area contributed by atoms with Crippen LogP contribution in [0.1, 0.15) is 76.2 Å². The van der Waals surface area contributed by atoms with Crippen molar-refractivity contribution < 1.29 is 9.90 Å². The summed E-state index contributed by atoms with van der Waals surface area (Å²) >= 11 is 0. The summed E-state index contributed by atoms with van der Waals surface area (Å²) in [6.07, 6.45) is 11.2. The first-order valence-corrected chi connectivity index (χ1v) is 12.9. The van der Waals surface area contributed by atoms with E-state index < -0.39 is 5.97 Å². The summed E-state index contributed by atoms with van der Waals surface area (Å²) in [6.45, 7) is 7.68. The maximum Gasteiger partial charge on any atom is 0.321 e. The molecular formula is C27H42N2O2. The number of rotatable bonds is 8. The molecule has 3 aliphatic rings. The van der Waals surface area contributed by atoms with E-state index in [-0.39, 0.29) is 6.04 Å². The summed E-state index contributed by atoms with van der Waals surface area (Å²) in [5.74, 6) is 1.61. The molecule has 2 saturated heterocycles.